The Morgan fingerprint density at radius 2 is 1.89 bits per heavy atom. The summed E-state index contributed by atoms with van der Waals surface area (Å²) in [4.78, 5) is 15.4. The number of nitrogens with one attached hydrogen (secondary N) is 2. The molecule has 148 valence electrons. The molecule has 1 atom stereocenters. The molecule has 1 aromatic rings. The molecule has 1 aliphatic carbocycles. The van der Waals surface area contributed by atoms with Gasteiger partial charge in [-0.15, -0.1) is 0 Å². The van der Waals surface area contributed by atoms with Crippen molar-refractivity contribution in [1.82, 2.24) is 15.5 Å². The van der Waals surface area contributed by atoms with Crippen LogP contribution in [-0.4, -0.2) is 62.3 Å². The number of morpholine rings is 1. The van der Waals surface area contributed by atoms with Gasteiger partial charge in [-0.3, -0.25) is 9.69 Å². The average Bonchev–Trinajstić information content (AvgIpc) is 3.17. The molecule has 0 radical (unpaired) electrons. The van der Waals surface area contributed by atoms with Gasteiger partial charge < -0.3 is 15.4 Å². The molecule has 4 rings (SSSR count). The molecule has 0 bridgehead atoms. The fraction of sp³-hybridized carbons (Fsp3) is 0.682. The third-order valence-electron chi connectivity index (χ3n) is 6.51. The summed E-state index contributed by atoms with van der Waals surface area (Å²) in [5.41, 5.74) is 2.07. The molecule has 5 heteroatoms. The molecular weight excluding hydrogens is 338 g/mol. The third kappa shape index (κ3) is 4.71. The zero-order valence-electron chi connectivity index (χ0n) is 16.3. The van der Waals surface area contributed by atoms with E-state index in [1.807, 2.05) is 12.1 Å². The molecule has 1 amide bonds. The maximum atomic E-state index is 13.0. The predicted octanol–water partition coefficient (Wildman–Crippen LogP) is 2.53. The quantitative estimate of drug-likeness (QED) is 0.835. The zero-order chi connectivity index (χ0) is 18.5. The van der Waals surface area contributed by atoms with E-state index in [0.29, 0.717) is 5.92 Å². The summed E-state index contributed by atoms with van der Waals surface area (Å²) in [5, 5.41) is 6.89. The Labute approximate surface area is 162 Å². The Hall–Kier alpha value is -1.43. The lowest BCUT2D eigenvalue weighted by Gasteiger charge is -2.37. The summed E-state index contributed by atoms with van der Waals surface area (Å²) in [5.74, 6) is 0.664. The monoisotopic (exact) mass is 371 g/mol. The number of carbonyl (C=O) groups is 1. The molecule has 2 heterocycles. The predicted molar refractivity (Wildman–Crippen MR) is 107 cm³/mol. The van der Waals surface area contributed by atoms with Crippen molar-refractivity contribution in [2.75, 3.05) is 45.9 Å². The summed E-state index contributed by atoms with van der Waals surface area (Å²) in [6.07, 6.45) is 7.05. The number of rotatable bonds is 5. The standard InChI is InChI=1S/C22H33N3O2/c26-21(19-7-5-18(6-8-19)20-4-3-11-23-16-20)24-22(9-1-2-10-22)17-25-12-14-27-15-13-25/h5-8,20,23H,1-4,9-17H2,(H,24,26). The van der Waals surface area contributed by atoms with Crippen molar-refractivity contribution in [3.8, 4) is 0 Å². The van der Waals surface area contributed by atoms with Gasteiger partial charge in [0.05, 0.1) is 18.8 Å². The van der Waals surface area contributed by atoms with Crippen LogP contribution in [-0.2, 0) is 4.74 Å². The highest BCUT2D eigenvalue weighted by molar-refractivity contribution is 5.94. The minimum Gasteiger partial charge on any atom is -0.379 e. The van der Waals surface area contributed by atoms with Gasteiger partial charge in [-0.25, -0.2) is 0 Å². The number of ether oxygens (including phenoxy) is 1. The van der Waals surface area contributed by atoms with E-state index in [4.69, 9.17) is 4.74 Å². The van der Waals surface area contributed by atoms with E-state index in [9.17, 15) is 4.79 Å². The van der Waals surface area contributed by atoms with Gasteiger partial charge in [-0.1, -0.05) is 25.0 Å². The summed E-state index contributed by atoms with van der Waals surface area (Å²) in [6.45, 7) is 6.69. The van der Waals surface area contributed by atoms with Crippen LogP contribution in [0.5, 0.6) is 0 Å². The number of amides is 1. The number of hydrogen-bond acceptors (Lipinski definition) is 4. The SMILES string of the molecule is O=C(NC1(CN2CCOCC2)CCCC1)c1ccc(C2CCCNC2)cc1. The van der Waals surface area contributed by atoms with Crippen molar-refractivity contribution in [3.63, 3.8) is 0 Å². The van der Waals surface area contributed by atoms with Gasteiger partial charge in [0.25, 0.3) is 5.91 Å². The lowest BCUT2D eigenvalue weighted by Crippen LogP contribution is -2.55. The number of nitrogens with zero attached hydrogens (tertiary/aromatic N) is 1. The fourth-order valence-corrected chi connectivity index (χ4v) is 4.92. The highest BCUT2D eigenvalue weighted by Gasteiger charge is 2.37. The second kappa shape index (κ2) is 8.72. The Balaban J connectivity index is 1.40. The van der Waals surface area contributed by atoms with Crippen LogP contribution < -0.4 is 10.6 Å². The van der Waals surface area contributed by atoms with E-state index in [1.165, 1.54) is 31.2 Å². The second-order valence-electron chi connectivity index (χ2n) is 8.50. The molecule has 2 saturated heterocycles. The van der Waals surface area contributed by atoms with E-state index in [0.717, 1.165) is 64.3 Å². The molecule has 1 aromatic carbocycles. The summed E-state index contributed by atoms with van der Waals surface area (Å²) < 4.78 is 5.48. The number of benzene rings is 1. The molecule has 5 nitrogen and oxygen atoms in total. The van der Waals surface area contributed by atoms with Crippen molar-refractivity contribution in [2.24, 2.45) is 0 Å². The first-order valence-electron chi connectivity index (χ1n) is 10.7. The van der Waals surface area contributed by atoms with Gasteiger partial charge in [0.1, 0.15) is 0 Å². The first kappa shape index (κ1) is 18.9. The maximum Gasteiger partial charge on any atom is 0.251 e. The molecule has 0 aromatic heterocycles. The highest BCUT2D eigenvalue weighted by Crippen LogP contribution is 2.31. The van der Waals surface area contributed by atoms with E-state index in [1.54, 1.807) is 0 Å². The van der Waals surface area contributed by atoms with Crippen molar-refractivity contribution in [1.29, 1.82) is 0 Å². The van der Waals surface area contributed by atoms with Crippen LogP contribution in [0.15, 0.2) is 24.3 Å². The Morgan fingerprint density at radius 3 is 2.56 bits per heavy atom. The van der Waals surface area contributed by atoms with Gasteiger partial charge in [0.15, 0.2) is 0 Å². The van der Waals surface area contributed by atoms with Crippen LogP contribution in [0, 0.1) is 0 Å². The largest absolute Gasteiger partial charge is 0.379 e. The molecular formula is C22H33N3O2. The maximum absolute atomic E-state index is 13.0. The molecule has 3 fully saturated rings. The molecule has 2 aliphatic heterocycles. The van der Waals surface area contributed by atoms with Crippen LogP contribution in [0.2, 0.25) is 0 Å². The third-order valence-corrected chi connectivity index (χ3v) is 6.51. The Bertz CT molecular complexity index is 613. The lowest BCUT2D eigenvalue weighted by molar-refractivity contribution is 0.0238. The van der Waals surface area contributed by atoms with Gasteiger partial charge >= 0.3 is 0 Å². The average molecular weight is 372 g/mol. The second-order valence-corrected chi connectivity index (χ2v) is 8.50. The Kier molecular flexibility index (Phi) is 6.11. The Morgan fingerprint density at radius 1 is 1.15 bits per heavy atom. The minimum atomic E-state index is -0.0691. The van der Waals surface area contributed by atoms with E-state index in [2.05, 4.69) is 27.7 Å². The molecule has 27 heavy (non-hydrogen) atoms. The number of hydrogen-bond donors (Lipinski definition) is 2. The minimum absolute atomic E-state index is 0.0691. The summed E-state index contributed by atoms with van der Waals surface area (Å²) in [6, 6.07) is 8.32. The molecule has 3 aliphatic rings. The van der Waals surface area contributed by atoms with Crippen molar-refractivity contribution in [2.45, 2.75) is 50.0 Å². The van der Waals surface area contributed by atoms with E-state index < -0.39 is 0 Å². The lowest BCUT2D eigenvalue weighted by atomic mass is 9.91. The van der Waals surface area contributed by atoms with Crippen molar-refractivity contribution in [3.05, 3.63) is 35.4 Å². The van der Waals surface area contributed by atoms with Crippen LogP contribution >= 0.6 is 0 Å². The zero-order valence-corrected chi connectivity index (χ0v) is 16.3. The summed E-state index contributed by atoms with van der Waals surface area (Å²) in [7, 11) is 0. The molecule has 0 spiro atoms. The van der Waals surface area contributed by atoms with Crippen molar-refractivity contribution >= 4 is 5.91 Å². The van der Waals surface area contributed by atoms with Gasteiger partial charge in [0, 0.05) is 31.7 Å². The number of carbonyl (C=O) groups excluding carboxylic acids is 1. The first-order chi connectivity index (χ1) is 13.2. The van der Waals surface area contributed by atoms with E-state index in [-0.39, 0.29) is 11.4 Å². The van der Waals surface area contributed by atoms with Gasteiger partial charge in [-0.05, 0) is 55.8 Å². The van der Waals surface area contributed by atoms with Gasteiger partial charge in [-0.2, -0.15) is 0 Å². The molecule has 1 saturated carbocycles. The normalized spacial score (nSPS) is 26.0. The van der Waals surface area contributed by atoms with Crippen LogP contribution in [0.25, 0.3) is 0 Å². The fourth-order valence-electron chi connectivity index (χ4n) is 4.92. The van der Waals surface area contributed by atoms with Crippen LogP contribution in [0.1, 0.15) is 60.4 Å². The van der Waals surface area contributed by atoms with Gasteiger partial charge in [0.2, 0.25) is 0 Å². The van der Waals surface area contributed by atoms with Crippen molar-refractivity contribution < 1.29 is 9.53 Å². The topological polar surface area (TPSA) is 53.6 Å². The highest BCUT2D eigenvalue weighted by atomic mass is 16.5. The smallest absolute Gasteiger partial charge is 0.251 e. The van der Waals surface area contributed by atoms with Crippen LogP contribution in [0.4, 0.5) is 0 Å². The van der Waals surface area contributed by atoms with E-state index >= 15 is 0 Å². The molecule has 2 N–H and O–H groups in total. The molecule has 1 unspecified atom stereocenters. The number of piperidine rings is 1. The summed E-state index contributed by atoms with van der Waals surface area (Å²) >= 11 is 0. The van der Waals surface area contributed by atoms with Crippen LogP contribution in [0.3, 0.4) is 0 Å². The first-order valence-corrected chi connectivity index (χ1v) is 10.7.